The summed E-state index contributed by atoms with van der Waals surface area (Å²) in [6.07, 6.45) is 1.98. The van der Waals surface area contributed by atoms with Gasteiger partial charge in [0.2, 0.25) is 5.91 Å². The Balaban J connectivity index is 2.22. The van der Waals surface area contributed by atoms with Crippen LogP contribution >= 0.6 is 11.8 Å². The first-order chi connectivity index (χ1) is 9.93. The zero-order valence-electron chi connectivity index (χ0n) is 12.7. The molecule has 1 amide bonds. The lowest BCUT2D eigenvalue weighted by Crippen LogP contribution is -2.30. The minimum absolute atomic E-state index is 0.0244. The molecule has 7 heteroatoms. The number of nitrogens with one attached hydrogen (secondary N) is 2. The predicted octanol–water partition coefficient (Wildman–Crippen LogP) is 1.25. The van der Waals surface area contributed by atoms with Gasteiger partial charge in [-0.2, -0.15) is 11.8 Å². The number of hydrogen-bond donors (Lipinski definition) is 2. The summed E-state index contributed by atoms with van der Waals surface area (Å²) < 4.78 is 1.65. The topological polar surface area (TPSA) is 79.3 Å². The van der Waals surface area contributed by atoms with Crippen molar-refractivity contribution >= 4 is 23.3 Å². The molecule has 2 rings (SSSR count). The molecular formula is C14H20N4O2S. The van der Waals surface area contributed by atoms with Gasteiger partial charge in [-0.3, -0.25) is 14.7 Å². The minimum atomic E-state index is -0.181. The van der Waals surface area contributed by atoms with Crippen molar-refractivity contribution in [3.63, 3.8) is 0 Å². The quantitative estimate of drug-likeness (QED) is 0.871. The Morgan fingerprint density at radius 1 is 1.52 bits per heavy atom. The fourth-order valence-corrected chi connectivity index (χ4v) is 2.94. The molecule has 0 aliphatic carbocycles. The van der Waals surface area contributed by atoms with E-state index in [0.29, 0.717) is 12.2 Å². The van der Waals surface area contributed by atoms with Crippen molar-refractivity contribution in [3.05, 3.63) is 33.4 Å². The van der Waals surface area contributed by atoms with Gasteiger partial charge in [-0.1, -0.05) is 6.92 Å². The lowest BCUT2D eigenvalue weighted by Gasteiger charge is -2.14. The van der Waals surface area contributed by atoms with Gasteiger partial charge in [0.05, 0.1) is 0 Å². The van der Waals surface area contributed by atoms with Gasteiger partial charge in [-0.05, 0) is 20.1 Å². The number of hydrogen-bond acceptors (Lipinski definition) is 4. The number of aromatic amines is 1. The molecule has 0 spiro atoms. The molecular weight excluding hydrogens is 288 g/mol. The number of amides is 1. The molecule has 1 atom stereocenters. The van der Waals surface area contributed by atoms with Gasteiger partial charge in [0.1, 0.15) is 0 Å². The van der Waals surface area contributed by atoms with E-state index >= 15 is 0 Å². The van der Waals surface area contributed by atoms with E-state index in [4.69, 9.17) is 0 Å². The SMILES string of the molecule is CSC[C@H](C)C(=O)NCc1c(C)nc2cc(=O)[nH]n2c1C. The molecule has 0 aliphatic rings. The maximum absolute atomic E-state index is 12.0. The maximum atomic E-state index is 12.0. The zero-order chi connectivity index (χ0) is 15.6. The minimum Gasteiger partial charge on any atom is -0.352 e. The average molecular weight is 308 g/mol. The number of carbonyl (C=O) groups is 1. The molecule has 6 nitrogen and oxygen atoms in total. The highest BCUT2D eigenvalue weighted by Gasteiger charge is 2.15. The molecule has 2 heterocycles. The van der Waals surface area contributed by atoms with Crippen LogP contribution in [0.5, 0.6) is 0 Å². The van der Waals surface area contributed by atoms with E-state index in [1.54, 1.807) is 16.3 Å². The Labute approximate surface area is 127 Å². The van der Waals surface area contributed by atoms with E-state index in [9.17, 15) is 9.59 Å². The molecule has 0 saturated carbocycles. The van der Waals surface area contributed by atoms with Crippen molar-refractivity contribution in [1.82, 2.24) is 19.9 Å². The number of thioether (sulfide) groups is 1. The Hall–Kier alpha value is -1.76. The lowest BCUT2D eigenvalue weighted by molar-refractivity contribution is -0.124. The number of rotatable bonds is 5. The third-order valence-corrected chi connectivity index (χ3v) is 4.34. The first-order valence-corrected chi connectivity index (χ1v) is 8.18. The molecule has 0 fully saturated rings. The number of H-pyrrole nitrogens is 1. The summed E-state index contributed by atoms with van der Waals surface area (Å²) in [6.45, 7) is 6.12. The van der Waals surface area contributed by atoms with Crippen LogP contribution in [0.2, 0.25) is 0 Å². The van der Waals surface area contributed by atoms with Gasteiger partial charge in [-0.15, -0.1) is 0 Å². The van der Waals surface area contributed by atoms with Crippen LogP contribution in [0, 0.1) is 19.8 Å². The summed E-state index contributed by atoms with van der Waals surface area (Å²) in [5.74, 6) is 0.805. The van der Waals surface area contributed by atoms with Crippen LogP contribution in [0.3, 0.4) is 0 Å². The van der Waals surface area contributed by atoms with E-state index in [1.165, 1.54) is 6.07 Å². The second-order valence-corrected chi connectivity index (χ2v) is 6.06. The first kappa shape index (κ1) is 15.6. The van der Waals surface area contributed by atoms with Crippen LogP contribution < -0.4 is 10.9 Å². The van der Waals surface area contributed by atoms with E-state index in [2.05, 4.69) is 15.4 Å². The highest BCUT2D eigenvalue weighted by Crippen LogP contribution is 2.13. The summed E-state index contributed by atoms with van der Waals surface area (Å²) >= 11 is 1.65. The number of aryl methyl sites for hydroxylation is 2. The Morgan fingerprint density at radius 3 is 2.90 bits per heavy atom. The summed E-state index contributed by atoms with van der Waals surface area (Å²) in [6, 6.07) is 1.46. The molecule has 0 bridgehead atoms. The van der Waals surface area contributed by atoms with E-state index < -0.39 is 0 Å². The second-order valence-electron chi connectivity index (χ2n) is 5.15. The fraction of sp³-hybridized carbons (Fsp3) is 0.500. The summed E-state index contributed by atoms with van der Waals surface area (Å²) in [7, 11) is 0. The monoisotopic (exact) mass is 308 g/mol. The van der Waals surface area contributed by atoms with Gasteiger partial charge >= 0.3 is 0 Å². The molecule has 114 valence electrons. The molecule has 0 aliphatic heterocycles. The van der Waals surface area contributed by atoms with E-state index in [-0.39, 0.29) is 17.4 Å². The average Bonchev–Trinajstić information content (AvgIpc) is 2.79. The van der Waals surface area contributed by atoms with Gasteiger partial charge in [0, 0.05) is 41.2 Å². The maximum Gasteiger partial charge on any atom is 0.266 e. The van der Waals surface area contributed by atoms with Gasteiger partial charge in [-0.25, -0.2) is 9.50 Å². The number of fused-ring (bicyclic) bond motifs is 1. The fourth-order valence-electron chi connectivity index (χ4n) is 2.29. The lowest BCUT2D eigenvalue weighted by atomic mass is 10.1. The Kier molecular flexibility index (Phi) is 4.72. The largest absolute Gasteiger partial charge is 0.352 e. The summed E-state index contributed by atoms with van der Waals surface area (Å²) in [4.78, 5) is 27.8. The van der Waals surface area contributed by atoms with Crippen LogP contribution in [0.15, 0.2) is 10.9 Å². The van der Waals surface area contributed by atoms with Crippen LogP contribution in [0.1, 0.15) is 23.9 Å². The van der Waals surface area contributed by atoms with Crippen LogP contribution in [-0.2, 0) is 11.3 Å². The standard InChI is InChI=1S/C14H20N4O2S/c1-8(7-21-4)14(20)15-6-11-9(2)16-12-5-13(19)17-18(12)10(11)3/h5,8H,6-7H2,1-4H3,(H,15,20)(H,17,19)/t8-/m0/s1. The first-order valence-electron chi connectivity index (χ1n) is 6.78. The number of carbonyl (C=O) groups excluding carboxylic acids is 1. The summed E-state index contributed by atoms with van der Waals surface area (Å²) in [5.41, 5.74) is 3.06. The molecule has 0 radical (unpaired) electrons. The molecule has 0 unspecified atom stereocenters. The highest BCUT2D eigenvalue weighted by atomic mass is 32.2. The second kappa shape index (κ2) is 6.34. The third-order valence-electron chi connectivity index (χ3n) is 3.51. The normalized spacial score (nSPS) is 12.6. The van der Waals surface area contributed by atoms with Gasteiger partial charge in [0.15, 0.2) is 5.65 Å². The smallest absolute Gasteiger partial charge is 0.266 e. The van der Waals surface area contributed by atoms with Crippen LogP contribution in [0.4, 0.5) is 0 Å². The van der Waals surface area contributed by atoms with Crippen LogP contribution in [-0.4, -0.2) is 32.5 Å². The van der Waals surface area contributed by atoms with Crippen molar-refractivity contribution in [1.29, 1.82) is 0 Å². The highest BCUT2D eigenvalue weighted by molar-refractivity contribution is 7.98. The predicted molar refractivity (Wildman–Crippen MR) is 84.7 cm³/mol. The van der Waals surface area contributed by atoms with Crippen LogP contribution in [0.25, 0.3) is 5.65 Å². The third kappa shape index (κ3) is 3.29. The molecule has 2 aromatic heterocycles. The van der Waals surface area contributed by atoms with Gasteiger partial charge < -0.3 is 5.32 Å². The molecule has 0 aromatic carbocycles. The van der Waals surface area contributed by atoms with Crippen molar-refractivity contribution < 1.29 is 4.79 Å². The molecule has 21 heavy (non-hydrogen) atoms. The van der Waals surface area contributed by atoms with E-state index in [1.807, 2.05) is 27.0 Å². The van der Waals surface area contributed by atoms with Gasteiger partial charge in [0.25, 0.3) is 5.56 Å². The Morgan fingerprint density at radius 2 is 2.24 bits per heavy atom. The number of aromatic nitrogens is 3. The van der Waals surface area contributed by atoms with Crippen molar-refractivity contribution in [2.75, 3.05) is 12.0 Å². The van der Waals surface area contributed by atoms with Crippen molar-refractivity contribution in [2.24, 2.45) is 5.92 Å². The Bertz CT molecular complexity index is 720. The molecule has 2 aromatic rings. The number of nitrogens with zero attached hydrogens (tertiary/aromatic N) is 2. The van der Waals surface area contributed by atoms with Crippen molar-refractivity contribution in [3.8, 4) is 0 Å². The summed E-state index contributed by atoms with van der Waals surface area (Å²) in [5, 5.41) is 5.65. The van der Waals surface area contributed by atoms with E-state index in [0.717, 1.165) is 22.7 Å². The molecule has 2 N–H and O–H groups in total. The molecule has 0 saturated heterocycles. The van der Waals surface area contributed by atoms with Crippen molar-refractivity contribution in [2.45, 2.75) is 27.3 Å². The zero-order valence-corrected chi connectivity index (χ0v) is 13.5.